The van der Waals surface area contributed by atoms with Gasteiger partial charge in [-0.2, -0.15) is 0 Å². The highest BCUT2D eigenvalue weighted by Gasteiger charge is 2.54. The minimum Gasteiger partial charge on any atom is -0.348 e. The standard InChI is InChI=1S/C19H27N3O2/c1-21-17(16-7-2-3-8-22(16)19(21)24)18(23)20-15-10-11-9-14(15)13-6-4-5-12(11)13/h11-15H,2-10H2,1H3,(H,20,23). The molecule has 5 nitrogen and oxygen atoms in total. The normalized spacial score (nSPS) is 36.6. The number of carbonyl (C=O) groups excluding carboxylic acids is 1. The Labute approximate surface area is 142 Å². The van der Waals surface area contributed by atoms with Gasteiger partial charge in [0, 0.05) is 19.6 Å². The van der Waals surface area contributed by atoms with Gasteiger partial charge in [0.15, 0.2) is 0 Å². The molecular weight excluding hydrogens is 302 g/mol. The van der Waals surface area contributed by atoms with Gasteiger partial charge in [0.2, 0.25) is 0 Å². The van der Waals surface area contributed by atoms with E-state index in [0.717, 1.165) is 55.7 Å². The Morgan fingerprint density at radius 1 is 1.08 bits per heavy atom. The number of carbonyl (C=O) groups is 1. The van der Waals surface area contributed by atoms with Crippen molar-refractivity contribution in [1.29, 1.82) is 0 Å². The van der Waals surface area contributed by atoms with E-state index in [1.165, 1.54) is 25.7 Å². The van der Waals surface area contributed by atoms with Gasteiger partial charge in [-0.05, 0) is 68.6 Å². The van der Waals surface area contributed by atoms with Crippen LogP contribution in [0.3, 0.4) is 0 Å². The predicted octanol–water partition coefficient (Wildman–Crippen LogP) is 2.08. The number of hydrogen-bond donors (Lipinski definition) is 1. The van der Waals surface area contributed by atoms with Gasteiger partial charge in [-0.15, -0.1) is 0 Å². The van der Waals surface area contributed by atoms with Crippen LogP contribution in [0.1, 0.15) is 61.1 Å². The van der Waals surface area contributed by atoms with Crippen LogP contribution in [0.2, 0.25) is 0 Å². The fourth-order valence-electron chi connectivity index (χ4n) is 6.51. The summed E-state index contributed by atoms with van der Waals surface area (Å²) in [6.45, 7) is 0.757. The van der Waals surface area contributed by atoms with Crippen molar-refractivity contribution < 1.29 is 4.79 Å². The lowest BCUT2D eigenvalue weighted by molar-refractivity contribution is 0.0891. The highest BCUT2D eigenvalue weighted by atomic mass is 16.2. The lowest BCUT2D eigenvalue weighted by atomic mass is 9.79. The highest BCUT2D eigenvalue weighted by Crippen LogP contribution is 2.58. The average molecular weight is 329 g/mol. The van der Waals surface area contributed by atoms with E-state index >= 15 is 0 Å². The summed E-state index contributed by atoms with van der Waals surface area (Å²) in [5, 5.41) is 3.33. The van der Waals surface area contributed by atoms with Gasteiger partial charge in [0.05, 0.1) is 5.69 Å². The molecule has 1 aromatic heterocycles. The Balaban J connectivity index is 1.40. The second-order valence-corrected chi connectivity index (χ2v) is 8.48. The Bertz CT molecular complexity index is 747. The first-order chi connectivity index (χ1) is 11.6. The van der Waals surface area contributed by atoms with Crippen LogP contribution in [0.25, 0.3) is 0 Å². The zero-order valence-corrected chi connectivity index (χ0v) is 14.5. The van der Waals surface area contributed by atoms with Crippen LogP contribution in [0.5, 0.6) is 0 Å². The molecule has 0 aromatic carbocycles. The van der Waals surface area contributed by atoms with Gasteiger partial charge in [-0.3, -0.25) is 13.9 Å². The fraction of sp³-hybridized carbons (Fsp3) is 0.789. The molecule has 3 saturated carbocycles. The lowest BCUT2D eigenvalue weighted by Crippen LogP contribution is -2.43. The van der Waals surface area contributed by atoms with E-state index in [1.54, 1.807) is 11.6 Å². The first kappa shape index (κ1) is 14.8. The topological polar surface area (TPSA) is 56.0 Å². The number of imidazole rings is 1. The molecular formula is C19H27N3O2. The summed E-state index contributed by atoms with van der Waals surface area (Å²) >= 11 is 0. The Kier molecular flexibility index (Phi) is 3.23. The summed E-state index contributed by atoms with van der Waals surface area (Å²) in [4.78, 5) is 25.4. The fourth-order valence-corrected chi connectivity index (χ4v) is 6.51. The largest absolute Gasteiger partial charge is 0.348 e. The third kappa shape index (κ3) is 1.93. The molecule has 130 valence electrons. The molecule has 3 aliphatic carbocycles. The maximum atomic E-state index is 13.0. The Morgan fingerprint density at radius 3 is 2.79 bits per heavy atom. The van der Waals surface area contributed by atoms with Crippen LogP contribution in [-0.2, 0) is 20.0 Å². The number of nitrogens with one attached hydrogen (secondary N) is 1. The quantitative estimate of drug-likeness (QED) is 0.903. The third-order valence-electron chi connectivity index (χ3n) is 7.46. The van der Waals surface area contributed by atoms with E-state index < -0.39 is 0 Å². The van der Waals surface area contributed by atoms with Gasteiger partial charge in [-0.1, -0.05) is 6.42 Å². The second-order valence-electron chi connectivity index (χ2n) is 8.48. The molecule has 2 heterocycles. The maximum absolute atomic E-state index is 13.0. The molecule has 5 unspecified atom stereocenters. The summed E-state index contributed by atoms with van der Waals surface area (Å²) in [5.41, 5.74) is 1.54. The molecule has 5 atom stereocenters. The maximum Gasteiger partial charge on any atom is 0.328 e. The molecule has 1 aliphatic heterocycles. The number of amides is 1. The number of fused-ring (bicyclic) bond motifs is 6. The Hall–Kier alpha value is -1.52. The van der Waals surface area contributed by atoms with E-state index in [2.05, 4.69) is 5.32 Å². The predicted molar refractivity (Wildman–Crippen MR) is 90.9 cm³/mol. The summed E-state index contributed by atoms with van der Waals surface area (Å²) < 4.78 is 3.38. The van der Waals surface area contributed by atoms with Gasteiger partial charge in [0.1, 0.15) is 5.69 Å². The summed E-state index contributed by atoms with van der Waals surface area (Å²) in [6.07, 6.45) is 9.57. The zero-order chi connectivity index (χ0) is 16.4. The molecule has 2 bridgehead atoms. The molecule has 5 heteroatoms. The first-order valence-corrected chi connectivity index (χ1v) is 9.74. The number of nitrogens with zero attached hydrogens (tertiary/aromatic N) is 2. The molecule has 0 saturated heterocycles. The molecule has 0 radical (unpaired) electrons. The summed E-state index contributed by atoms with van der Waals surface area (Å²) in [6, 6.07) is 0.330. The smallest absolute Gasteiger partial charge is 0.328 e. The molecule has 5 rings (SSSR count). The van der Waals surface area contributed by atoms with Crippen molar-refractivity contribution in [2.45, 2.75) is 64.0 Å². The first-order valence-electron chi connectivity index (χ1n) is 9.74. The van der Waals surface area contributed by atoms with Crippen molar-refractivity contribution in [3.8, 4) is 0 Å². The van der Waals surface area contributed by atoms with Gasteiger partial charge >= 0.3 is 5.69 Å². The van der Waals surface area contributed by atoms with Crippen molar-refractivity contribution in [1.82, 2.24) is 14.5 Å². The second kappa shape index (κ2) is 5.24. The van der Waals surface area contributed by atoms with Crippen LogP contribution < -0.4 is 11.0 Å². The van der Waals surface area contributed by atoms with Crippen LogP contribution in [0.4, 0.5) is 0 Å². The Morgan fingerprint density at radius 2 is 1.92 bits per heavy atom. The highest BCUT2D eigenvalue weighted by molar-refractivity contribution is 5.94. The van der Waals surface area contributed by atoms with Gasteiger partial charge in [-0.25, -0.2) is 4.79 Å². The number of hydrogen-bond acceptors (Lipinski definition) is 2. The monoisotopic (exact) mass is 329 g/mol. The SMILES string of the molecule is Cn1c(C(=O)NC2CC3CC2C2CCCC32)c2n(c1=O)CCCC2. The molecule has 0 spiro atoms. The molecule has 1 amide bonds. The van der Waals surface area contributed by atoms with Crippen LogP contribution in [0, 0.1) is 23.7 Å². The molecule has 1 aromatic rings. The third-order valence-corrected chi connectivity index (χ3v) is 7.46. The van der Waals surface area contributed by atoms with Crippen molar-refractivity contribution in [3.63, 3.8) is 0 Å². The van der Waals surface area contributed by atoms with Crippen molar-refractivity contribution in [3.05, 3.63) is 21.9 Å². The summed E-state index contributed by atoms with van der Waals surface area (Å²) in [7, 11) is 1.75. The van der Waals surface area contributed by atoms with Crippen LogP contribution >= 0.6 is 0 Å². The summed E-state index contributed by atoms with van der Waals surface area (Å²) in [5.74, 6) is 3.29. The number of rotatable bonds is 2. The molecule has 4 aliphatic rings. The molecule has 24 heavy (non-hydrogen) atoms. The minimum absolute atomic E-state index is 0.0163. The molecule has 1 N–H and O–H groups in total. The van der Waals surface area contributed by atoms with Gasteiger partial charge in [0.25, 0.3) is 5.91 Å². The molecule has 3 fully saturated rings. The van der Waals surface area contributed by atoms with Gasteiger partial charge < -0.3 is 5.32 Å². The van der Waals surface area contributed by atoms with Crippen molar-refractivity contribution in [2.24, 2.45) is 30.7 Å². The van der Waals surface area contributed by atoms with Crippen molar-refractivity contribution >= 4 is 5.91 Å². The average Bonchev–Trinajstić information content (AvgIpc) is 3.30. The van der Waals surface area contributed by atoms with Crippen LogP contribution in [0.15, 0.2) is 4.79 Å². The van der Waals surface area contributed by atoms with Crippen LogP contribution in [-0.4, -0.2) is 21.1 Å². The van der Waals surface area contributed by atoms with E-state index in [0.29, 0.717) is 17.7 Å². The van der Waals surface area contributed by atoms with E-state index in [4.69, 9.17) is 0 Å². The number of aromatic nitrogens is 2. The van der Waals surface area contributed by atoms with Crippen molar-refractivity contribution in [2.75, 3.05) is 0 Å². The minimum atomic E-state index is -0.0290. The van der Waals surface area contributed by atoms with E-state index in [1.807, 2.05) is 4.57 Å². The van der Waals surface area contributed by atoms with E-state index in [9.17, 15) is 9.59 Å². The lowest BCUT2D eigenvalue weighted by Gasteiger charge is -2.32. The van der Waals surface area contributed by atoms with E-state index in [-0.39, 0.29) is 11.6 Å². The zero-order valence-electron chi connectivity index (χ0n) is 14.5.